The van der Waals surface area contributed by atoms with Crippen molar-refractivity contribution in [1.29, 1.82) is 0 Å². The van der Waals surface area contributed by atoms with Crippen molar-refractivity contribution in [2.45, 2.75) is 19.8 Å². The molecule has 0 aliphatic heterocycles. The second-order valence-corrected chi connectivity index (χ2v) is 2.76. The number of allylic oxidation sites excluding steroid dienone is 3. The van der Waals surface area contributed by atoms with E-state index in [2.05, 4.69) is 25.8 Å². The molecule has 0 rings (SSSR count). The second kappa shape index (κ2) is 5.96. The molecule has 0 heterocycles. The summed E-state index contributed by atoms with van der Waals surface area (Å²) < 4.78 is 0. The van der Waals surface area contributed by atoms with E-state index in [0.717, 1.165) is 0 Å². The van der Waals surface area contributed by atoms with Crippen molar-refractivity contribution in [3.05, 3.63) is 23.6 Å². The van der Waals surface area contributed by atoms with Crippen LogP contribution in [-0.4, -0.2) is 6.26 Å². The third-order valence-corrected chi connectivity index (χ3v) is 1.93. The molecule has 52 valence electrons. The molecule has 0 nitrogen and oxygen atoms in total. The fraction of sp³-hybridized carbons (Fsp3) is 0.500. The van der Waals surface area contributed by atoms with Crippen molar-refractivity contribution in [2.75, 3.05) is 6.26 Å². The van der Waals surface area contributed by atoms with Crippen LogP contribution >= 0.6 is 11.8 Å². The molecule has 0 aromatic heterocycles. The van der Waals surface area contributed by atoms with E-state index < -0.39 is 0 Å². The molecule has 0 atom stereocenters. The average molecular weight is 142 g/mol. The van der Waals surface area contributed by atoms with E-state index >= 15 is 0 Å². The molecule has 9 heavy (non-hydrogen) atoms. The summed E-state index contributed by atoms with van der Waals surface area (Å²) in [7, 11) is 0. The first-order chi connectivity index (χ1) is 4.35. The van der Waals surface area contributed by atoms with Gasteiger partial charge in [-0.25, -0.2) is 0 Å². The van der Waals surface area contributed by atoms with E-state index in [-0.39, 0.29) is 0 Å². The van der Waals surface area contributed by atoms with Gasteiger partial charge in [-0.15, -0.1) is 11.8 Å². The summed E-state index contributed by atoms with van der Waals surface area (Å²) in [5, 5.41) is 0. The van der Waals surface area contributed by atoms with Gasteiger partial charge in [-0.1, -0.05) is 32.1 Å². The minimum absolute atomic E-state index is 1.19. The zero-order chi connectivity index (χ0) is 7.11. The molecular weight excluding hydrogens is 128 g/mol. The molecule has 0 N–H and O–H groups in total. The molecule has 0 aliphatic carbocycles. The Balaban J connectivity index is 3.66. The minimum atomic E-state index is 1.19. The minimum Gasteiger partial charge on any atom is -0.134 e. The monoisotopic (exact) mass is 142 g/mol. The first-order valence-corrected chi connectivity index (χ1v) is 4.43. The van der Waals surface area contributed by atoms with E-state index in [9.17, 15) is 0 Å². The number of hydrogen-bond acceptors (Lipinski definition) is 1. The quantitative estimate of drug-likeness (QED) is 0.543. The zero-order valence-corrected chi connectivity index (χ0v) is 7.00. The fourth-order valence-corrected chi connectivity index (χ4v) is 1.27. The van der Waals surface area contributed by atoms with Gasteiger partial charge in [0.2, 0.25) is 0 Å². The van der Waals surface area contributed by atoms with E-state index in [4.69, 9.17) is 0 Å². The van der Waals surface area contributed by atoms with Gasteiger partial charge < -0.3 is 0 Å². The Kier molecular flexibility index (Phi) is 5.85. The van der Waals surface area contributed by atoms with Gasteiger partial charge in [0.25, 0.3) is 0 Å². The average Bonchev–Trinajstić information content (AvgIpc) is 1.88. The van der Waals surface area contributed by atoms with Crippen molar-refractivity contribution in [2.24, 2.45) is 0 Å². The summed E-state index contributed by atoms with van der Waals surface area (Å²) in [5.74, 6) is 0. The lowest BCUT2D eigenvalue weighted by Gasteiger charge is -1.97. The molecule has 1 heteroatoms. The van der Waals surface area contributed by atoms with E-state index in [1.165, 1.54) is 17.7 Å². The van der Waals surface area contributed by atoms with E-state index in [0.29, 0.717) is 0 Å². The fourth-order valence-electron chi connectivity index (χ4n) is 0.631. The van der Waals surface area contributed by atoms with Gasteiger partial charge >= 0.3 is 0 Å². The number of thioether (sulfide) groups is 1. The van der Waals surface area contributed by atoms with Crippen LogP contribution in [0.3, 0.4) is 0 Å². The molecule has 0 aromatic rings. The lowest BCUT2D eigenvalue weighted by molar-refractivity contribution is 0.948. The molecule has 0 spiro atoms. The van der Waals surface area contributed by atoms with Crippen LogP contribution in [0.4, 0.5) is 0 Å². The molecule has 0 aliphatic rings. The summed E-state index contributed by atoms with van der Waals surface area (Å²) in [4.78, 5) is 1.42. The predicted octanol–water partition coefficient (Wildman–Crippen LogP) is 3.22. The molecule has 0 saturated carbocycles. The maximum atomic E-state index is 3.64. The first kappa shape index (κ1) is 8.83. The maximum Gasteiger partial charge on any atom is -0.0140 e. The normalized spacial score (nSPS) is 11.6. The van der Waals surface area contributed by atoms with Crippen LogP contribution in [-0.2, 0) is 0 Å². The topological polar surface area (TPSA) is 0 Å². The molecule has 0 bridgehead atoms. The predicted molar refractivity (Wildman–Crippen MR) is 46.7 cm³/mol. The van der Waals surface area contributed by atoms with Gasteiger partial charge in [-0.3, -0.25) is 0 Å². The van der Waals surface area contributed by atoms with Crippen molar-refractivity contribution >= 4 is 11.8 Å². The summed E-state index contributed by atoms with van der Waals surface area (Å²) in [5.41, 5.74) is 0. The molecule has 0 saturated heterocycles. The summed E-state index contributed by atoms with van der Waals surface area (Å²) in [6.07, 6.45) is 8.44. The maximum absolute atomic E-state index is 3.64. The largest absolute Gasteiger partial charge is 0.134 e. The molecule has 0 aromatic carbocycles. The Morgan fingerprint density at radius 3 is 2.67 bits per heavy atom. The second-order valence-electron chi connectivity index (χ2n) is 1.82. The Labute approximate surface area is 62.0 Å². The zero-order valence-electron chi connectivity index (χ0n) is 6.18. The Bertz CT molecular complexity index is 103. The lowest BCUT2D eigenvalue weighted by Crippen LogP contribution is -1.72. The van der Waals surface area contributed by atoms with Crippen molar-refractivity contribution < 1.29 is 0 Å². The van der Waals surface area contributed by atoms with Gasteiger partial charge in [0, 0.05) is 0 Å². The van der Waals surface area contributed by atoms with Crippen LogP contribution in [0.25, 0.3) is 0 Å². The Morgan fingerprint density at radius 2 is 2.33 bits per heavy atom. The SMILES string of the molecule is C=C/C=C(/CCC)SC. The Hall–Kier alpha value is -0.170. The van der Waals surface area contributed by atoms with Crippen molar-refractivity contribution in [3.63, 3.8) is 0 Å². The third-order valence-electron chi connectivity index (χ3n) is 1.06. The van der Waals surface area contributed by atoms with Crippen LogP contribution in [0, 0.1) is 0 Å². The van der Waals surface area contributed by atoms with Gasteiger partial charge in [0.05, 0.1) is 0 Å². The van der Waals surface area contributed by atoms with Gasteiger partial charge in [-0.05, 0) is 17.6 Å². The van der Waals surface area contributed by atoms with Gasteiger partial charge in [0.1, 0.15) is 0 Å². The number of hydrogen-bond donors (Lipinski definition) is 0. The standard InChI is InChI=1S/C8H14S/c1-4-6-8(9-3)7-5-2/h4,6H,1,5,7H2,2-3H3/b8-6-. The highest BCUT2D eigenvalue weighted by Crippen LogP contribution is 2.16. The smallest absolute Gasteiger partial charge is 0.0140 e. The van der Waals surface area contributed by atoms with Crippen LogP contribution < -0.4 is 0 Å². The van der Waals surface area contributed by atoms with Crippen LogP contribution in [0.15, 0.2) is 23.6 Å². The van der Waals surface area contributed by atoms with E-state index in [1.807, 2.05) is 17.8 Å². The molecule has 0 amide bonds. The molecular formula is C8H14S. The van der Waals surface area contributed by atoms with Gasteiger partial charge in [0.15, 0.2) is 0 Å². The highest BCUT2D eigenvalue weighted by molar-refractivity contribution is 8.02. The van der Waals surface area contributed by atoms with Crippen molar-refractivity contribution in [1.82, 2.24) is 0 Å². The first-order valence-electron chi connectivity index (χ1n) is 3.20. The Morgan fingerprint density at radius 1 is 1.67 bits per heavy atom. The summed E-state index contributed by atoms with van der Waals surface area (Å²) in [6.45, 7) is 5.83. The summed E-state index contributed by atoms with van der Waals surface area (Å²) >= 11 is 1.81. The highest BCUT2D eigenvalue weighted by Gasteiger charge is 1.88. The molecule has 0 unspecified atom stereocenters. The lowest BCUT2D eigenvalue weighted by atomic mass is 10.3. The van der Waals surface area contributed by atoms with Crippen LogP contribution in [0.5, 0.6) is 0 Å². The van der Waals surface area contributed by atoms with Gasteiger partial charge in [-0.2, -0.15) is 0 Å². The van der Waals surface area contributed by atoms with Crippen molar-refractivity contribution in [3.8, 4) is 0 Å². The summed E-state index contributed by atoms with van der Waals surface area (Å²) in [6, 6.07) is 0. The number of rotatable bonds is 4. The molecule has 0 fully saturated rings. The van der Waals surface area contributed by atoms with Crippen LogP contribution in [0.2, 0.25) is 0 Å². The highest BCUT2D eigenvalue weighted by atomic mass is 32.2. The molecule has 0 radical (unpaired) electrons. The third kappa shape index (κ3) is 4.34. The van der Waals surface area contributed by atoms with Crippen LogP contribution in [0.1, 0.15) is 19.8 Å². The van der Waals surface area contributed by atoms with E-state index in [1.54, 1.807) is 0 Å².